The highest BCUT2D eigenvalue weighted by molar-refractivity contribution is 6.09. The maximum absolute atomic E-state index is 13.0. The molecule has 0 radical (unpaired) electrons. The number of nitrogens with zero attached hydrogens (tertiary/aromatic N) is 2. The Bertz CT molecular complexity index is 783. The van der Waals surface area contributed by atoms with Crippen LogP contribution in [0, 0.1) is 6.92 Å². The highest BCUT2D eigenvalue weighted by Crippen LogP contribution is 2.43. The summed E-state index contributed by atoms with van der Waals surface area (Å²) in [5.74, 6) is -0.0638. The fourth-order valence-corrected chi connectivity index (χ4v) is 3.84. The second-order valence-electron chi connectivity index (χ2n) is 6.98. The number of hydrogen-bond donors (Lipinski definition) is 1. The predicted molar refractivity (Wildman–Crippen MR) is 94.4 cm³/mol. The van der Waals surface area contributed by atoms with Crippen LogP contribution in [0.4, 0.5) is 0 Å². The van der Waals surface area contributed by atoms with Crippen LogP contribution in [0.25, 0.3) is 0 Å². The van der Waals surface area contributed by atoms with Gasteiger partial charge in [0.15, 0.2) is 5.88 Å². The SMILES string of the molecule is Cc1ccc2c(c1)C1CC(=O)N(CCN3CCOCC3)C(=O)C1=C(N)O2. The van der Waals surface area contributed by atoms with Crippen LogP contribution < -0.4 is 10.5 Å². The summed E-state index contributed by atoms with van der Waals surface area (Å²) >= 11 is 0. The van der Waals surface area contributed by atoms with Gasteiger partial charge in [-0.05, 0) is 13.0 Å². The van der Waals surface area contributed by atoms with Crippen molar-refractivity contribution in [2.45, 2.75) is 19.3 Å². The Kier molecular flexibility index (Phi) is 4.42. The van der Waals surface area contributed by atoms with Gasteiger partial charge in [0.25, 0.3) is 5.91 Å². The van der Waals surface area contributed by atoms with E-state index in [2.05, 4.69) is 4.90 Å². The molecule has 3 aliphatic rings. The van der Waals surface area contributed by atoms with Crippen LogP contribution in [-0.4, -0.2) is 61.0 Å². The van der Waals surface area contributed by atoms with Crippen LogP contribution >= 0.6 is 0 Å². The summed E-state index contributed by atoms with van der Waals surface area (Å²) in [6.07, 6.45) is 0.241. The number of aryl methyl sites for hydroxylation is 1. The monoisotopic (exact) mass is 357 g/mol. The number of morpholine rings is 1. The first-order valence-electron chi connectivity index (χ1n) is 8.97. The number of imide groups is 1. The molecule has 7 nitrogen and oxygen atoms in total. The number of fused-ring (bicyclic) bond motifs is 3. The molecular formula is C19H23N3O4. The molecule has 2 N–H and O–H groups in total. The molecule has 1 aromatic rings. The second kappa shape index (κ2) is 6.74. The van der Waals surface area contributed by atoms with Gasteiger partial charge in [-0.25, -0.2) is 0 Å². The maximum atomic E-state index is 13.0. The normalized spacial score (nSPS) is 23.6. The van der Waals surface area contributed by atoms with Crippen LogP contribution in [0.15, 0.2) is 29.7 Å². The number of benzene rings is 1. The maximum Gasteiger partial charge on any atom is 0.262 e. The fraction of sp³-hybridized carbons (Fsp3) is 0.474. The first-order valence-corrected chi connectivity index (χ1v) is 8.97. The van der Waals surface area contributed by atoms with Crippen molar-refractivity contribution in [2.75, 3.05) is 39.4 Å². The van der Waals surface area contributed by atoms with E-state index in [1.54, 1.807) is 0 Å². The van der Waals surface area contributed by atoms with Gasteiger partial charge >= 0.3 is 0 Å². The molecular weight excluding hydrogens is 334 g/mol. The van der Waals surface area contributed by atoms with Crippen LogP contribution in [0.2, 0.25) is 0 Å². The number of hydrogen-bond acceptors (Lipinski definition) is 6. The number of amides is 2. The van der Waals surface area contributed by atoms with E-state index in [-0.39, 0.29) is 30.0 Å². The van der Waals surface area contributed by atoms with E-state index in [0.717, 1.165) is 24.2 Å². The van der Waals surface area contributed by atoms with Crippen molar-refractivity contribution in [2.24, 2.45) is 5.73 Å². The molecule has 2 saturated heterocycles. The minimum Gasteiger partial charge on any atom is -0.441 e. The van der Waals surface area contributed by atoms with Crippen molar-refractivity contribution >= 4 is 11.8 Å². The number of rotatable bonds is 3. The largest absolute Gasteiger partial charge is 0.441 e. The fourth-order valence-electron chi connectivity index (χ4n) is 3.84. The average Bonchev–Trinajstić information content (AvgIpc) is 2.62. The standard InChI is InChI=1S/C19H23N3O4/c1-12-2-3-15-13(10-12)14-11-16(23)22(19(24)17(14)18(20)26-15)5-4-21-6-8-25-9-7-21/h2-3,10,14H,4-9,11,20H2,1H3. The van der Waals surface area contributed by atoms with Gasteiger partial charge in [-0.1, -0.05) is 17.7 Å². The number of likely N-dealkylation sites (tertiary alicyclic amines) is 1. The van der Waals surface area contributed by atoms with E-state index < -0.39 is 0 Å². The lowest BCUT2D eigenvalue weighted by atomic mass is 9.82. The first kappa shape index (κ1) is 17.1. The number of carbonyl (C=O) groups is 2. The Morgan fingerprint density at radius 1 is 1.19 bits per heavy atom. The van der Waals surface area contributed by atoms with Crippen molar-refractivity contribution in [3.63, 3.8) is 0 Å². The zero-order valence-electron chi connectivity index (χ0n) is 14.9. The van der Waals surface area contributed by atoms with Crippen molar-refractivity contribution in [3.05, 3.63) is 40.8 Å². The molecule has 4 rings (SSSR count). The van der Waals surface area contributed by atoms with Gasteiger partial charge in [-0.15, -0.1) is 0 Å². The Hall–Kier alpha value is -2.38. The molecule has 3 aliphatic heterocycles. The highest BCUT2D eigenvalue weighted by atomic mass is 16.5. The van der Waals surface area contributed by atoms with Crippen LogP contribution in [0.1, 0.15) is 23.5 Å². The molecule has 3 heterocycles. The van der Waals surface area contributed by atoms with Gasteiger partial charge in [0.05, 0.1) is 18.8 Å². The molecule has 0 saturated carbocycles. The Morgan fingerprint density at radius 3 is 2.73 bits per heavy atom. The molecule has 2 fully saturated rings. The van der Waals surface area contributed by atoms with E-state index in [0.29, 0.717) is 37.6 Å². The molecule has 138 valence electrons. The van der Waals surface area contributed by atoms with E-state index in [1.165, 1.54) is 4.90 Å². The molecule has 7 heteroatoms. The lowest BCUT2D eigenvalue weighted by Crippen LogP contribution is -2.50. The summed E-state index contributed by atoms with van der Waals surface area (Å²) in [5.41, 5.74) is 8.38. The zero-order chi connectivity index (χ0) is 18.3. The Morgan fingerprint density at radius 2 is 1.96 bits per heavy atom. The summed E-state index contributed by atoms with van der Waals surface area (Å²) in [7, 11) is 0. The molecule has 2 amide bonds. The summed E-state index contributed by atoms with van der Waals surface area (Å²) < 4.78 is 11.0. The molecule has 0 bridgehead atoms. The lowest BCUT2D eigenvalue weighted by Gasteiger charge is -2.37. The van der Waals surface area contributed by atoms with Crippen LogP contribution in [0.5, 0.6) is 5.75 Å². The van der Waals surface area contributed by atoms with Crippen molar-refractivity contribution in [1.29, 1.82) is 0 Å². The zero-order valence-corrected chi connectivity index (χ0v) is 14.9. The summed E-state index contributed by atoms with van der Waals surface area (Å²) in [6, 6.07) is 5.74. The molecule has 1 atom stereocenters. The van der Waals surface area contributed by atoms with Crippen molar-refractivity contribution in [3.8, 4) is 5.75 Å². The number of nitrogens with two attached hydrogens (primary N) is 1. The van der Waals surface area contributed by atoms with E-state index in [9.17, 15) is 9.59 Å². The number of ether oxygens (including phenoxy) is 2. The highest BCUT2D eigenvalue weighted by Gasteiger charge is 2.43. The smallest absolute Gasteiger partial charge is 0.262 e. The van der Waals surface area contributed by atoms with Gasteiger partial charge < -0.3 is 15.2 Å². The third kappa shape index (κ3) is 2.97. The molecule has 0 spiro atoms. The third-order valence-corrected chi connectivity index (χ3v) is 5.27. The van der Waals surface area contributed by atoms with Gasteiger partial charge in [0.1, 0.15) is 5.75 Å². The van der Waals surface area contributed by atoms with Gasteiger partial charge in [0.2, 0.25) is 5.91 Å². The van der Waals surface area contributed by atoms with E-state index >= 15 is 0 Å². The average molecular weight is 357 g/mol. The van der Waals surface area contributed by atoms with Gasteiger partial charge in [-0.3, -0.25) is 19.4 Å². The number of carbonyl (C=O) groups excluding carboxylic acids is 2. The van der Waals surface area contributed by atoms with Crippen LogP contribution in [-0.2, 0) is 14.3 Å². The summed E-state index contributed by atoms with van der Waals surface area (Å²) in [6.45, 7) is 6.00. The molecule has 26 heavy (non-hydrogen) atoms. The summed E-state index contributed by atoms with van der Waals surface area (Å²) in [4.78, 5) is 29.2. The molecule has 1 aromatic carbocycles. The Balaban J connectivity index is 1.56. The first-order chi connectivity index (χ1) is 12.5. The third-order valence-electron chi connectivity index (χ3n) is 5.27. The molecule has 0 aromatic heterocycles. The van der Waals surface area contributed by atoms with Crippen LogP contribution in [0.3, 0.4) is 0 Å². The lowest BCUT2D eigenvalue weighted by molar-refractivity contribution is -0.145. The minimum atomic E-state index is -0.329. The summed E-state index contributed by atoms with van der Waals surface area (Å²) in [5, 5.41) is 0. The minimum absolute atomic E-state index is 0.111. The van der Waals surface area contributed by atoms with E-state index in [1.807, 2.05) is 25.1 Å². The molecule has 0 aliphatic carbocycles. The van der Waals surface area contributed by atoms with Gasteiger partial charge in [0, 0.05) is 44.1 Å². The topological polar surface area (TPSA) is 85.1 Å². The predicted octanol–water partition coefficient (Wildman–Crippen LogP) is 0.732. The van der Waals surface area contributed by atoms with Crippen molar-refractivity contribution < 1.29 is 19.1 Å². The van der Waals surface area contributed by atoms with Gasteiger partial charge in [-0.2, -0.15) is 0 Å². The quantitative estimate of drug-likeness (QED) is 0.803. The Labute approximate surface area is 152 Å². The molecule has 1 unspecified atom stereocenters. The van der Waals surface area contributed by atoms with Crippen molar-refractivity contribution in [1.82, 2.24) is 9.80 Å². The number of piperidine rings is 1. The second-order valence-corrected chi connectivity index (χ2v) is 6.98. The van der Waals surface area contributed by atoms with E-state index in [4.69, 9.17) is 15.2 Å².